The van der Waals surface area contributed by atoms with E-state index in [9.17, 15) is 0 Å². The zero-order chi connectivity index (χ0) is 6.24. The molecule has 0 spiro atoms. The van der Waals surface area contributed by atoms with Crippen molar-refractivity contribution in [3.8, 4) is 0 Å². The largest absolute Gasteiger partial charge is 0.317 e. The molecule has 0 aromatic carbocycles. The van der Waals surface area contributed by atoms with Crippen LogP contribution < -0.4 is 17.0 Å². The quantitative estimate of drug-likeness (QED) is 0.339. The Hall–Kier alpha value is 0.170. The van der Waals surface area contributed by atoms with Crippen LogP contribution in [0.2, 0.25) is 0 Å². The van der Waals surface area contributed by atoms with Crippen LogP contribution in [-0.2, 0) is 0 Å². The van der Waals surface area contributed by atoms with E-state index in [1.165, 1.54) is 32.4 Å². The lowest BCUT2D eigenvalue weighted by molar-refractivity contribution is 0.520. The van der Waals surface area contributed by atoms with Gasteiger partial charge in [-0.2, -0.15) is 0 Å². The van der Waals surface area contributed by atoms with E-state index >= 15 is 0 Å². The van der Waals surface area contributed by atoms with E-state index in [1.807, 2.05) is 0 Å². The highest BCUT2D eigenvalue weighted by molar-refractivity contribution is 5.85. The van der Waals surface area contributed by atoms with Crippen molar-refractivity contribution >= 4 is 12.4 Å². The summed E-state index contributed by atoms with van der Waals surface area (Å²) in [5.74, 6) is 8.00. The normalized spacial score (nSPS) is 16.7. The lowest BCUT2D eigenvalue weighted by Gasteiger charge is -2.08. The molecule has 1 aliphatic heterocycles. The van der Waals surface area contributed by atoms with E-state index in [1.54, 1.807) is 0 Å². The molecule has 0 amide bonds. The van der Waals surface area contributed by atoms with Crippen molar-refractivity contribution in [3.63, 3.8) is 0 Å². The highest BCUT2D eigenvalue weighted by Crippen LogP contribution is 1.96. The molecular weight excluding hydrogens is 138 g/mol. The van der Waals surface area contributed by atoms with Crippen LogP contribution in [-0.4, -0.2) is 13.1 Å². The highest BCUT2D eigenvalue weighted by atomic mass is 35.5. The molecule has 0 aromatic rings. The van der Waals surface area contributed by atoms with Gasteiger partial charge in [-0.1, -0.05) is 6.42 Å². The van der Waals surface area contributed by atoms with Crippen molar-refractivity contribution in [2.75, 3.05) is 13.1 Å². The van der Waals surface area contributed by atoms with Crippen LogP contribution in [0.1, 0.15) is 19.3 Å². The Balaban J connectivity index is 0. The Morgan fingerprint density at radius 1 is 0.889 bits per heavy atom. The summed E-state index contributed by atoms with van der Waals surface area (Å²) in [6.45, 7) is 2.50. The first-order valence-electron chi connectivity index (χ1n) is 3.04. The van der Waals surface area contributed by atoms with E-state index in [0.717, 1.165) is 0 Å². The van der Waals surface area contributed by atoms with Crippen molar-refractivity contribution in [3.05, 3.63) is 0 Å². The molecule has 3 nitrogen and oxygen atoms in total. The zero-order valence-corrected chi connectivity index (χ0v) is 6.41. The van der Waals surface area contributed by atoms with Crippen molar-refractivity contribution in [1.82, 2.24) is 5.32 Å². The minimum atomic E-state index is 0. The molecule has 1 fully saturated rings. The molecule has 1 rings (SSSR count). The summed E-state index contributed by atoms with van der Waals surface area (Å²) in [5, 5.41) is 3.28. The topological polar surface area (TPSA) is 64.1 Å². The fourth-order valence-electron chi connectivity index (χ4n) is 0.802. The standard InChI is InChI=1S/C5H11N.ClH.H4N2/c1-2-4-6-5-3-1;;1-2/h6H,1-5H2;1H;1-2H2. The summed E-state index contributed by atoms with van der Waals surface area (Å²) in [6, 6.07) is 0. The Kier molecular flexibility index (Phi) is 14.6. The smallest absolute Gasteiger partial charge is 0.00489 e. The molecule has 1 saturated heterocycles. The third kappa shape index (κ3) is 8.17. The Labute approximate surface area is 62.6 Å². The fourth-order valence-corrected chi connectivity index (χ4v) is 0.802. The van der Waals surface area contributed by atoms with Gasteiger partial charge in [-0.05, 0) is 25.9 Å². The third-order valence-corrected chi connectivity index (χ3v) is 1.21. The van der Waals surface area contributed by atoms with Gasteiger partial charge in [0.25, 0.3) is 0 Å². The predicted octanol–water partition coefficient (Wildman–Crippen LogP) is 0.000500. The average Bonchev–Trinajstić information content (AvgIpc) is 1.96. The Bertz CT molecular complexity index is 27.7. The number of rotatable bonds is 0. The molecule has 9 heavy (non-hydrogen) atoms. The molecule has 0 unspecified atom stereocenters. The summed E-state index contributed by atoms with van der Waals surface area (Å²) in [4.78, 5) is 0. The molecule has 0 bridgehead atoms. The van der Waals surface area contributed by atoms with E-state index in [0.29, 0.717) is 0 Å². The number of hydrazine groups is 1. The van der Waals surface area contributed by atoms with Crippen LogP contribution in [0.4, 0.5) is 0 Å². The molecule has 1 aliphatic rings. The van der Waals surface area contributed by atoms with Crippen molar-refractivity contribution in [1.29, 1.82) is 0 Å². The minimum absolute atomic E-state index is 0. The van der Waals surface area contributed by atoms with Gasteiger partial charge in [-0.15, -0.1) is 12.4 Å². The predicted molar refractivity (Wildman–Crippen MR) is 42.3 cm³/mol. The zero-order valence-electron chi connectivity index (χ0n) is 5.60. The molecule has 0 radical (unpaired) electrons. The Morgan fingerprint density at radius 2 is 1.33 bits per heavy atom. The van der Waals surface area contributed by atoms with Gasteiger partial charge in [0.15, 0.2) is 0 Å². The molecule has 0 saturated carbocycles. The van der Waals surface area contributed by atoms with Gasteiger partial charge in [0.2, 0.25) is 0 Å². The lowest BCUT2D eigenvalue weighted by atomic mass is 10.2. The number of nitrogens with one attached hydrogen (secondary N) is 1. The number of piperidine rings is 1. The minimum Gasteiger partial charge on any atom is -0.317 e. The summed E-state index contributed by atoms with van der Waals surface area (Å²) in [7, 11) is 0. The van der Waals surface area contributed by atoms with Gasteiger partial charge in [-0.3, -0.25) is 11.7 Å². The molecule has 58 valence electrons. The van der Waals surface area contributed by atoms with Crippen LogP contribution in [0.15, 0.2) is 0 Å². The molecule has 0 atom stereocenters. The van der Waals surface area contributed by atoms with Crippen LogP contribution >= 0.6 is 12.4 Å². The van der Waals surface area contributed by atoms with Crippen molar-refractivity contribution in [2.45, 2.75) is 19.3 Å². The first-order valence-corrected chi connectivity index (χ1v) is 3.04. The molecule has 0 aromatic heterocycles. The van der Waals surface area contributed by atoms with Crippen LogP contribution in [0.5, 0.6) is 0 Å². The monoisotopic (exact) mass is 153 g/mol. The van der Waals surface area contributed by atoms with E-state index in [4.69, 9.17) is 0 Å². The second-order valence-corrected chi connectivity index (χ2v) is 1.81. The SMILES string of the molecule is C1CCNCC1.Cl.NN. The van der Waals surface area contributed by atoms with Gasteiger partial charge in [0.05, 0.1) is 0 Å². The summed E-state index contributed by atoms with van der Waals surface area (Å²) in [5.41, 5.74) is 0. The maximum Gasteiger partial charge on any atom is -0.00489 e. The van der Waals surface area contributed by atoms with Crippen LogP contribution in [0.3, 0.4) is 0 Å². The van der Waals surface area contributed by atoms with Crippen LogP contribution in [0.25, 0.3) is 0 Å². The van der Waals surface area contributed by atoms with Gasteiger partial charge >= 0.3 is 0 Å². The second kappa shape index (κ2) is 11.0. The first kappa shape index (κ1) is 11.9. The molecular formula is C5H16ClN3. The summed E-state index contributed by atoms with van der Waals surface area (Å²) >= 11 is 0. The van der Waals surface area contributed by atoms with Gasteiger partial charge < -0.3 is 5.32 Å². The molecule has 1 heterocycles. The highest BCUT2D eigenvalue weighted by Gasteiger charge is 1.93. The van der Waals surface area contributed by atoms with Crippen molar-refractivity contribution in [2.24, 2.45) is 11.7 Å². The summed E-state index contributed by atoms with van der Waals surface area (Å²) < 4.78 is 0. The van der Waals surface area contributed by atoms with Gasteiger partial charge in [-0.25, -0.2) is 0 Å². The first-order chi connectivity index (χ1) is 4.00. The van der Waals surface area contributed by atoms with Gasteiger partial charge in [0.1, 0.15) is 0 Å². The third-order valence-electron chi connectivity index (χ3n) is 1.21. The fraction of sp³-hybridized carbons (Fsp3) is 1.00. The molecule has 4 heteroatoms. The number of nitrogens with two attached hydrogens (primary N) is 2. The van der Waals surface area contributed by atoms with Crippen LogP contribution in [0, 0.1) is 0 Å². The molecule has 5 N–H and O–H groups in total. The summed E-state index contributed by atoms with van der Waals surface area (Å²) in [6.07, 6.45) is 4.22. The van der Waals surface area contributed by atoms with Gasteiger partial charge in [0, 0.05) is 0 Å². The molecule has 0 aliphatic carbocycles. The number of halogens is 1. The van der Waals surface area contributed by atoms with E-state index in [-0.39, 0.29) is 12.4 Å². The van der Waals surface area contributed by atoms with E-state index < -0.39 is 0 Å². The van der Waals surface area contributed by atoms with Crippen molar-refractivity contribution < 1.29 is 0 Å². The maximum absolute atomic E-state index is 4.00. The Morgan fingerprint density at radius 3 is 1.44 bits per heavy atom. The van der Waals surface area contributed by atoms with E-state index in [2.05, 4.69) is 17.0 Å². The lowest BCUT2D eigenvalue weighted by Crippen LogP contribution is -2.21. The average molecular weight is 154 g/mol. The number of hydrogen-bond acceptors (Lipinski definition) is 3. The number of hydrogen-bond donors (Lipinski definition) is 3. The maximum atomic E-state index is 4.00. The second-order valence-electron chi connectivity index (χ2n) is 1.81.